The minimum Gasteiger partial charge on any atom is -0.507 e. The number of phenolic OH excluding ortho intramolecular Hbond substituents is 2. The molecule has 0 amide bonds. The number of methoxy groups -OCH3 is 2. The third-order valence-electron chi connectivity index (χ3n) is 2.95. The maximum Gasteiger partial charge on any atom is 0.137 e. The van der Waals surface area contributed by atoms with Crippen molar-refractivity contribution in [1.29, 1.82) is 5.26 Å². The second-order valence-corrected chi connectivity index (χ2v) is 4.03. The highest BCUT2D eigenvalue weighted by Gasteiger charge is 2.18. The minimum atomic E-state index is -0.120. The van der Waals surface area contributed by atoms with E-state index in [0.717, 1.165) is 0 Å². The van der Waals surface area contributed by atoms with Gasteiger partial charge in [-0.2, -0.15) is 5.26 Å². The van der Waals surface area contributed by atoms with Gasteiger partial charge in [0.15, 0.2) is 0 Å². The highest BCUT2D eigenvalue weighted by Crippen LogP contribution is 2.42. The van der Waals surface area contributed by atoms with Gasteiger partial charge in [-0.3, -0.25) is 0 Å². The van der Waals surface area contributed by atoms with Crippen LogP contribution in [0.15, 0.2) is 30.3 Å². The summed E-state index contributed by atoms with van der Waals surface area (Å²) < 4.78 is 10.2. The number of aromatic hydroxyl groups is 2. The summed E-state index contributed by atoms with van der Waals surface area (Å²) in [5, 5.41) is 29.3. The molecule has 0 unspecified atom stereocenters. The lowest BCUT2D eigenvalue weighted by molar-refractivity contribution is 0.410. The predicted octanol–water partition coefficient (Wildman–Crippen LogP) is 2.65. The van der Waals surface area contributed by atoms with Crippen molar-refractivity contribution in [2.45, 2.75) is 0 Å². The van der Waals surface area contributed by atoms with Crippen molar-refractivity contribution in [3.05, 3.63) is 35.9 Å². The molecule has 0 saturated heterocycles. The topological polar surface area (TPSA) is 82.7 Å². The van der Waals surface area contributed by atoms with Gasteiger partial charge in [0.2, 0.25) is 0 Å². The van der Waals surface area contributed by atoms with Gasteiger partial charge in [0.05, 0.1) is 14.2 Å². The number of ether oxygens (including phenoxy) is 2. The number of hydrogen-bond acceptors (Lipinski definition) is 5. The summed E-state index contributed by atoms with van der Waals surface area (Å²) in [5.41, 5.74) is 0.664. The number of rotatable bonds is 3. The van der Waals surface area contributed by atoms with E-state index in [2.05, 4.69) is 0 Å². The Hall–Kier alpha value is -2.87. The van der Waals surface area contributed by atoms with Gasteiger partial charge in [-0.15, -0.1) is 0 Å². The van der Waals surface area contributed by atoms with Gasteiger partial charge in [0, 0.05) is 11.1 Å². The fourth-order valence-electron chi connectivity index (χ4n) is 1.97. The molecule has 0 aliphatic carbocycles. The molecule has 0 atom stereocenters. The zero-order valence-corrected chi connectivity index (χ0v) is 11.0. The molecule has 2 aromatic rings. The molecule has 5 heteroatoms. The Morgan fingerprint density at radius 1 is 1.00 bits per heavy atom. The summed E-state index contributed by atoms with van der Waals surface area (Å²) in [7, 11) is 2.93. The second-order valence-electron chi connectivity index (χ2n) is 4.03. The molecule has 0 bridgehead atoms. The molecule has 0 heterocycles. The Kier molecular flexibility index (Phi) is 3.67. The fraction of sp³-hybridized carbons (Fsp3) is 0.133. The molecule has 102 valence electrons. The molecular formula is C15H13NO4. The highest BCUT2D eigenvalue weighted by atomic mass is 16.5. The first-order valence-corrected chi connectivity index (χ1v) is 5.79. The fourth-order valence-corrected chi connectivity index (χ4v) is 1.97. The molecule has 0 radical (unpaired) electrons. The number of nitrogens with zero attached hydrogens (tertiary/aromatic N) is 1. The van der Waals surface area contributed by atoms with Crippen LogP contribution in [0.25, 0.3) is 11.1 Å². The van der Waals surface area contributed by atoms with E-state index in [1.807, 2.05) is 6.07 Å². The SMILES string of the molecule is COc1ccc(O)c(-c2c(O)ccc(OC)c2C#N)c1. The number of phenols is 2. The molecular weight excluding hydrogens is 258 g/mol. The number of hydrogen-bond donors (Lipinski definition) is 2. The summed E-state index contributed by atoms with van der Waals surface area (Å²) in [6.45, 7) is 0. The molecule has 0 saturated carbocycles. The van der Waals surface area contributed by atoms with Crippen LogP contribution in [-0.4, -0.2) is 24.4 Å². The van der Waals surface area contributed by atoms with Crippen LogP contribution in [0.4, 0.5) is 0 Å². The van der Waals surface area contributed by atoms with Crippen LogP contribution in [0.3, 0.4) is 0 Å². The molecule has 20 heavy (non-hydrogen) atoms. The van der Waals surface area contributed by atoms with Crippen molar-refractivity contribution in [2.24, 2.45) is 0 Å². The first-order valence-electron chi connectivity index (χ1n) is 5.79. The van der Waals surface area contributed by atoms with Crippen LogP contribution in [0.5, 0.6) is 23.0 Å². The van der Waals surface area contributed by atoms with E-state index < -0.39 is 0 Å². The molecule has 2 N–H and O–H groups in total. The van der Waals surface area contributed by atoms with Crippen LogP contribution < -0.4 is 9.47 Å². The Bertz CT molecular complexity index is 689. The third-order valence-corrected chi connectivity index (χ3v) is 2.95. The van der Waals surface area contributed by atoms with Crippen molar-refractivity contribution >= 4 is 0 Å². The zero-order valence-electron chi connectivity index (χ0n) is 11.0. The highest BCUT2D eigenvalue weighted by molar-refractivity contribution is 5.83. The zero-order chi connectivity index (χ0) is 14.7. The average Bonchev–Trinajstić information content (AvgIpc) is 2.47. The smallest absolute Gasteiger partial charge is 0.137 e. The van der Waals surface area contributed by atoms with E-state index in [9.17, 15) is 15.5 Å². The maximum atomic E-state index is 10.0. The van der Waals surface area contributed by atoms with E-state index in [-0.39, 0.29) is 22.6 Å². The Labute approximate surface area is 116 Å². The molecule has 2 rings (SSSR count). The van der Waals surface area contributed by atoms with Crippen molar-refractivity contribution in [2.75, 3.05) is 14.2 Å². The molecule has 0 aliphatic rings. The standard InChI is InChI=1S/C15H13NO4/c1-19-9-3-4-12(17)10(7-9)15-11(8-16)14(20-2)6-5-13(15)18/h3-7,17-18H,1-2H3. The lowest BCUT2D eigenvalue weighted by Gasteiger charge is -2.13. The average molecular weight is 271 g/mol. The summed E-state index contributed by atoms with van der Waals surface area (Å²) in [6.07, 6.45) is 0. The minimum absolute atomic E-state index is 0.0640. The maximum absolute atomic E-state index is 10.0. The van der Waals surface area contributed by atoms with Gasteiger partial charge >= 0.3 is 0 Å². The van der Waals surface area contributed by atoms with Gasteiger partial charge in [0.25, 0.3) is 0 Å². The molecule has 2 aromatic carbocycles. The molecule has 0 aromatic heterocycles. The van der Waals surface area contributed by atoms with Gasteiger partial charge in [-0.05, 0) is 30.3 Å². The van der Waals surface area contributed by atoms with Crippen LogP contribution >= 0.6 is 0 Å². The normalized spacial score (nSPS) is 9.85. The van der Waals surface area contributed by atoms with Crippen molar-refractivity contribution in [3.63, 3.8) is 0 Å². The summed E-state index contributed by atoms with van der Waals surface area (Å²) in [5.74, 6) is 0.642. The molecule has 0 fully saturated rings. The third kappa shape index (κ3) is 2.19. The second kappa shape index (κ2) is 5.41. The predicted molar refractivity (Wildman–Crippen MR) is 73.0 cm³/mol. The van der Waals surface area contributed by atoms with E-state index in [4.69, 9.17) is 9.47 Å². The Morgan fingerprint density at radius 3 is 2.30 bits per heavy atom. The number of benzene rings is 2. The lowest BCUT2D eigenvalue weighted by atomic mass is 9.97. The number of nitriles is 1. The monoisotopic (exact) mass is 271 g/mol. The van der Waals surface area contributed by atoms with Crippen LogP contribution in [-0.2, 0) is 0 Å². The van der Waals surface area contributed by atoms with Gasteiger partial charge < -0.3 is 19.7 Å². The lowest BCUT2D eigenvalue weighted by Crippen LogP contribution is -1.93. The van der Waals surface area contributed by atoms with Gasteiger partial charge in [-0.1, -0.05) is 0 Å². The van der Waals surface area contributed by atoms with Crippen molar-refractivity contribution in [3.8, 4) is 40.2 Å². The molecule has 0 spiro atoms. The van der Waals surface area contributed by atoms with Crippen LogP contribution in [0.1, 0.15) is 5.56 Å². The van der Waals surface area contributed by atoms with Gasteiger partial charge in [-0.25, -0.2) is 0 Å². The largest absolute Gasteiger partial charge is 0.507 e. The summed E-state index contributed by atoms with van der Waals surface area (Å²) >= 11 is 0. The summed E-state index contributed by atoms with van der Waals surface area (Å²) in [6, 6.07) is 9.46. The summed E-state index contributed by atoms with van der Waals surface area (Å²) in [4.78, 5) is 0. The Morgan fingerprint density at radius 2 is 1.70 bits per heavy atom. The van der Waals surface area contributed by atoms with E-state index in [1.165, 1.54) is 32.4 Å². The van der Waals surface area contributed by atoms with Crippen LogP contribution in [0, 0.1) is 11.3 Å². The van der Waals surface area contributed by atoms with E-state index >= 15 is 0 Å². The Balaban J connectivity index is 2.78. The molecule has 0 aliphatic heterocycles. The first kappa shape index (κ1) is 13.6. The van der Waals surface area contributed by atoms with Crippen molar-refractivity contribution in [1.82, 2.24) is 0 Å². The van der Waals surface area contributed by atoms with Crippen LogP contribution in [0.2, 0.25) is 0 Å². The first-order chi connectivity index (χ1) is 9.62. The molecule has 5 nitrogen and oxygen atoms in total. The van der Waals surface area contributed by atoms with Crippen molar-refractivity contribution < 1.29 is 19.7 Å². The van der Waals surface area contributed by atoms with E-state index in [0.29, 0.717) is 17.1 Å². The van der Waals surface area contributed by atoms with E-state index in [1.54, 1.807) is 12.1 Å². The quantitative estimate of drug-likeness (QED) is 0.896. The van der Waals surface area contributed by atoms with Gasteiger partial charge in [0.1, 0.15) is 34.6 Å².